The number of aromatic nitrogens is 2. The van der Waals surface area contributed by atoms with Crippen LogP contribution < -0.4 is 0 Å². The highest BCUT2D eigenvalue weighted by Gasteiger charge is 2.40. The number of amides is 1. The van der Waals surface area contributed by atoms with Crippen molar-refractivity contribution in [2.24, 2.45) is 11.8 Å². The lowest BCUT2D eigenvalue weighted by Crippen LogP contribution is -2.34. The summed E-state index contributed by atoms with van der Waals surface area (Å²) in [5, 5.41) is 4.07. The first-order chi connectivity index (χ1) is 8.22. The Morgan fingerprint density at radius 2 is 2.00 bits per heavy atom. The number of rotatable bonds is 2. The summed E-state index contributed by atoms with van der Waals surface area (Å²) >= 11 is 0. The first kappa shape index (κ1) is 10.8. The van der Waals surface area contributed by atoms with Gasteiger partial charge in [0.25, 0.3) is 0 Å². The van der Waals surface area contributed by atoms with E-state index in [0.29, 0.717) is 18.4 Å². The Labute approximate surface area is 101 Å². The van der Waals surface area contributed by atoms with Crippen molar-refractivity contribution in [1.82, 2.24) is 19.6 Å². The van der Waals surface area contributed by atoms with E-state index in [9.17, 15) is 4.79 Å². The molecule has 1 amide bonds. The van der Waals surface area contributed by atoms with Crippen LogP contribution in [0.3, 0.4) is 0 Å². The molecule has 0 radical (unpaired) electrons. The molecular formula is C12H18N4O. The van der Waals surface area contributed by atoms with Crippen molar-refractivity contribution in [3.8, 4) is 0 Å². The summed E-state index contributed by atoms with van der Waals surface area (Å²) < 4.78 is 1.70. The van der Waals surface area contributed by atoms with Gasteiger partial charge in [0, 0.05) is 38.6 Å². The van der Waals surface area contributed by atoms with Crippen molar-refractivity contribution in [2.45, 2.75) is 6.54 Å². The van der Waals surface area contributed by atoms with Gasteiger partial charge in [-0.25, -0.2) is 0 Å². The predicted molar refractivity (Wildman–Crippen MR) is 63.3 cm³/mol. The van der Waals surface area contributed by atoms with Gasteiger partial charge in [0.2, 0.25) is 5.91 Å². The molecule has 3 rings (SSSR count). The fourth-order valence-corrected chi connectivity index (χ4v) is 3.06. The van der Waals surface area contributed by atoms with Crippen molar-refractivity contribution in [2.75, 3.05) is 33.2 Å². The molecule has 2 aliphatic rings. The van der Waals surface area contributed by atoms with E-state index in [4.69, 9.17) is 0 Å². The topological polar surface area (TPSA) is 41.4 Å². The van der Waals surface area contributed by atoms with Gasteiger partial charge in [0.15, 0.2) is 0 Å². The van der Waals surface area contributed by atoms with Gasteiger partial charge < -0.3 is 9.80 Å². The van der Waals surface area contributed by atoms with Gasteiger partial charge in [-0.3, -0.25) is 9.48 Å². The lowest BCUT2D eigenvalue weighted by molar-refractivity contribution is -0.131. The zero-order valence-corrected chi connectivity index (χ0v) is 10.1. The number of carbonyl (C=O) groups is 1. The summed E-state index contributed by atoms with van der Waals surface area (Å²) in [6, 6.07) is 1.85. The third-order valence-electron chi connectivity index (χ3n) is 3.88. The molecule has 92 valence electrons. The molecule has 0 N–H and O–H groups in total. The molecule has 2 atom stereocenters. The van der Waals surface area contributed by atoms with Crippen molar-refractivity contribution in [3.63, 3.8) is 0 Å². The van der Waals surface area contributed by atoms with Gasteiger partial charge in [-0.05, 0) is 24.9 Å². The van der Waals surface area contributed by atoms with Crippen LogP contribution in [0.1, 0.15) is 0 Å². The Morgan fingerprint density at radius 3 is 2.59 bits per heavy atom. The first-order valence-electron chi connectivity index (χ1n) is 6.16. The molecule has 2 saturated heterocycles. The molecule has 0 saturated carbocycles. The van der Waals surface area contributed by atoms with E-state index in [-0.39, 0.29) is 5.91 Å². The average molecular weight is 234 g/mol. The van der Waals surface area contributed by atoms with Crippen LogP contribution in [-0.2, 0) is 11.3 Å². The van der Waals surface area contributed by atoms with Gasteiger partial charge in [-0.1, -0.05) is 0 Å². The number of nitrogens with zero attached hydrogens (tertiary/aromatic N) is 4. The van der Waals surface area contributed by atoms with Crippen LogP contribution in [0.5, 0.6) is 0 Å². The van der Waals surface area contributed by atoms with Gasteiger partial charge >= 0.3 is 0 Å². The maximum atomic E-state index is 12.1. The van der Waals surface area contributed by atoms with Gasteiger partial charge in [0.1, 0.15) is 6.54 Å². The number of carbonyl (C=O) groups excluding carboxylic acids is 1. The fourth-order valence-electron chi connectivity index (χ4n) is 3.06. The minimum atomic E-state index is 0.200. The number of hydrogen-bond acceptors (Lipinski definition) is 3. The lowest BCUT2D eigenvalue weighted by Gasteiger charge is -2.19. The molecule has 5 nitrogen and oxygen atoms in total. The van der Waals surface area contributed by atoms with Crippen molar-refractivity contribution in [1.29, 1.82) is 0 Å². The van der Waals surface area contributed by atoms with E-state index in [2.05, 4.69) is 17.0 Å². The number of hydrogen-bond donors (Lipinski definition) is 0. The summed E-state index contributed by atoms with van der Waals surface area (Å²) in [7, 11) is 2.16. The predicted octanol–water partition coefficient (Wildman–Crippen LogP) is -0.0969. The molecule has 2 unspecified atom stereocenters. The van der Waals surface area contributed by atoms with Crippen LogP contribution >= 0.6 is 0 Å². The van der Waals surface area contributed by atoms with E-state index in [1.807, 2.05) is 17.2 Å². The highest BCUT2D eigenvalue weighted by atomic mass is 16.2. The zero-order chi connectivity index (χ0) is 11.8. The third-order valence-corrected chi connectivity index (χ3v) is 3.88. The number of likely N-dealkylation sites (tertiary alicyclic amines) is 2. The average Bonchev–Trinajstić information content (AvgIpc) is 2.92. The Balaban J connectivity index is 1.58. The maximum Gasteiger partial charge on any atom is 0.244 e. The van der Waals surface area contributed by atoms with Crippen molar-refractivity contribution >= 4 is 5.91 Å². The SMILES string of the molecule is CN1CC2CN(C(=O)Cn3cccn3)CC2C1. The van der Waals surface area contributed by atoms with Gasteiger partial charge in [-0.15, -0.1) is 0 Å². The Kier molecular flexibility index (Phi) is 2.63. The van der Waals surface area contributed by atoms with Gasteiger partial charge in [-0.2, -0.15) is 5.10 Å². The molecule has 0 spiro atoms. The molecule has 2 fully saturated rings. The second-order valence-corrected chi connectivity index (χ2v) is 5.24. The standard InChI is InChI=1S/C12H18N4O/c1-14-5-10-7-15(8-11(10)6-14)12(17)9-16-4-2-3-13-16/h2-4,10-11H,5-9H2,1H3. The summed E-state index contributed by atoms with van der Waals surface area (Å²) in [6.07, 6.45) is 3.55. The molecule has 0 aliphatic carbocycles. The highest BCUT2D eigenvalue weighted by molar-refractivity contribution is 5.76. The highest BCUT2D eigenvalue weighted by Crippen LogP contribution is 2.30. The van der Waals surface area contributed by atoms with E-state index in [0.717, 1.165) is 26.2 Å². The monoisotopic (exact) mass is 234 g/mol. The van der Waals surface area contributed by atoms with Crippen molar-refractivity contribution in [3.05, 3.63) is 18.5 Å². The van der Waals surface area contributed by atoms with Crippen LogP contribution in [0, 0.1) is 11.8 Å². The van der Waals surface area contributed by atoms with Crippen LogP contribution in [0.2, 0.25) is 0 Å². The van der Waals surface area contributed by atoms with Crippen LogP contribution in [-0.4, -0.2) is 58.7 Å². The first-order valence-corrected chi connectivity index (χ1v) is 6.16. The van der Waals surface area contributed by atoms with E-state index >= 15 is 0 Å². The molecule has 0 bridgehead atoms. The molecule has 1 aromatic rings. The molecule has 5 heteroatoms. The largest absolute Gasteiger partial charge is 0.340 e. The van der Waals surface area contributed by atoms with Crippen LogP contribution in [0.4, 0.5) is 0 Å². The normalized spacial score (nSPS) is 28.6. The second kappa shape index (κ2) is 4.14. The molecule has 17 heavy (non-hydrogen) atoms. The van der Waals surface area contributed by atoms with E-state index in [1.165, 1.54) is 0 Å². The summed E-state index contributed by atoms with van der Waals surface area (Å²) in [5.74, 6) is 1.56. The van der Waals surface area contributed by atoms with Crippen LogP contribution in [0.25, 0.3) is 0 Å². The summed E-state index contributed by atoms with van der Waals surface area (Å²) in [5.41, 5.74) is 0. The Morgan fingerprint density at radius 1 is 1.29 bits per heavy atom. The van der Waals surface area contributed by atoms with Gasteiger partial charge in [0.05, 0.1) is 0 Å². The summed E-state index contributed by atoms with van der Waals surface area (Å²) in [4.78, 5) is 16.4. The molecule has 2 aliphatic heterocycles. The maximum absolute atomic E-state index is 12.1. The van der Waals surface area contributed by atoms with E-state index in [1.54, 1.807) is 10.9 Å². The third kappa shape index (κ3) is 2.07. The Hall–Kier alpha value is -1.36. The smallest absolute Gasteiger partial charge is 0.244 e. The molecule has 1 aromatic heterocycles. The van der Waals surface area contributed by atoms with Crippen LogP contribution in [0.15, 0.2) is 18.5 Å². The molecular weight excluding hydrogens is 216 g/mol. The second-order valence-electron chi connectivity index (χ2n) is 5.24. The zero-order valence-electron chi connectivity index (χ0n) is 10.1. The van der Waals surface area contributed by atoms with E-state index < -0.39 is 0 Å². The Bertz CT molecular complexity index is 389. The van der Waals surface area contributed by atoms with Crippen molar-refractivity contribution < 1.29 is 4.79 Å². The lowest BCUT2D eigenvalue weighted by atomic mass is 10.0. The fraction of sp³-hybridized carbons (Fsp3) is 0.667. The quantitative estimate of drug-likeness (QED) is 0.718. The number of fused-ring (bicyclic) bond motifs is 1. The minimum absolute atomic E-state index is 0.200. The minimum Gasteiger partial charge on any atom is -0.340 e. The summed E-state index contributed by atoms with van der Waals surface area (Å²) in [6.45, 7) is 4.50. The molecule has 3 heterocycles. The molecule has 0 aromatic carbocycles.